The maximum atomic E-state index is 6.03. The molecule has 20 heavy (non-hydrogen) atoms. The molecular formula is C16H27N3O. The maximum Gasteiger partial charge on any atom is 0.233 e. The normalized spacial score (nSPS) is 25.4. The van der Waals surface area contributed by atoms with Crippen LogP contribution in [-0.4, -0.2) is 22.8 Å². The topological polar surface area (TPSA) is 47.0 Å². The van der Waals surface area contributed by atoms with Crippen molar-refractivity contribution in [2.75, 3.05) is 6.54 Å². The lowest BCUT2D eigenvalue weighted by Gasteiger charge is -2.38. The molecule has 1 N–H and O–H groups in total. The van der Waals surface area contributed by atoms with Crippen molar-refractivity contribution in [3.8, 4) is 5.88 Å². The third-order valence-electron chi connectivity index (χ3n) is 3.89. The minimum absolute atomic E-state index is 0.266. The largest absolute Gasteiger partial charge is 0.473 e. The van der Waals surface area contributed by atoms with Gasteiger partial charge in [-0.15, -0.1) is 5.10 Å². The van der Waals surface area contributed by atoms with Crippen molar-refractivity contribution in [3.63, 3.8) is 0 Å². The van der Waals surface area contributed by atoms with E-state index in [0.29, 0.717) is 17.2 Å². The minimum Gasteiger partial charge on any atom is -0.473 e. The van der Waals surface area contributed by atoms with Crippen molar-refractivity contribution in [1.29, 1.82) is 0 Å². The lowest BCUT2D eigenvalue weighted by atomic mass is 9.71. The number of rotatable bonds is 5. The predicted molar refractivity (Wildman–Crippen MR) is 80.6 cm³/mol. The molecule has 2 unspecified atom stereocenters. The summed E-state index contributed by atoms with van der Waals surface area (Å²) >= 11 is 0. The Morgan fingerprint density at radius 2 is 2.10 bits per heavy atom. The second-order valence-electron chi connectivity index (χ2n) is 6.80. The van der Waals surface area contributed by atoms with E-state index < -0.39 is 0 Å². The summed E-state index contributed by atoms with van der Waals surface area (Å²) in [6.45, 7) is 10.7. The average molecular weight is 277 g/mol. The summed E-state index contributed by atoms with van der Waals surface area (Å²) in [5.74, 6) is 1.37. The molecule has 2 atom stereocenters. The van der Waals surface area contributed by atoms with Gasteiger partial charge in [-0.25, -0.2) is 0 Å². The van der Waals surface area contributed by atoms with Gasteiger partial charge in [-0.1, -0.05) is 27.7 Å². The molecule has 0 spiro atoms. The summed E-state index contributed by atoms with van der Waals surface area (Å²) in [7, 11) is 0. The molecule has 1 aromatic rings. The van der Waals surface area contributed by atoms with Gasteiger partial charge in [0.25, 0.3) is 0 Å². The van der Waals surface area contributed by atoms with Gasteiger partial charge in [0, 0.05) is 12.6 Å². The van der Waals surface area contributed by atoms with Crippen LogP contribution in [0.4, 0.5) is 0 Å². The van der Waals surface area contributed by atoms with Crippen LogP contribution in [0.1, 0.15) is 52.7 Å². The highest BCUT2D eigenvalue weighted by atomic mass is 16.5. The van der Waals surface area contributed by atoms with Crippen molar-refractivity contribution in [1.82, 2.24) is 15.5 Å². The van der Waals surface area contributed by atoms with E-state index in [9.17, 15) is 0 Å². The van der Waals surface area contributed by atoms with Crippen LogP contribution in [-0.2, 0) is 6.54 Å². The zero-order chi connectivity index (χ0) is 14.6. The van der Waals surface area contributed by atoms with Crippen LogP contribution in [0.25, 0.3) is 0 Å². The molecule has 0 saturated heterocycles. The Balaban J connectivity index is 1.92. The fraction of sp³-hybridized carbons (Fsp3) is 0.750. The van der Waals surface area contributed by atoms with Crippen molar-refractivity contribution in [2.24, 2.45) is 11.3 Å². The van der Waals surface area contributed by atoms with Crippen molar-refractivity contribution in [3.05, 3.63) is 17.8 Å². The first-order valence-corrected chi connectivity index (χ1v) is 7.68. The average Bonchev–Trinajstić information content (AvgIpc) is 2.35. The summed E-state index contributed by atoms with van der Waals surface area (Å²) in [4.78, 5) is 0. The standard InChI is InChI=1S/C16H27N3O/c1-5-17-11-13-6-7-15(19-18-13)20-14-8-12(2)9-16(3,4)10-14/h6-7,12,14,17H,5,8-11H2,1-4H3. The maximum absolute atomic E-state index is 6.03. The van der Waals surface area contributed by atoms with Gasteiger partial charge in [-0.05, 0) is 43.2 Å². The van der Waals surface area contributed by atoms with Crippen molar-refractivity contribution >= 4 is 0 Å². The van der Waals surface area contributed by atoms with E-state index >= 15 is 0 Å². The highest BCUT2D eigenvalue weighted by Gasteiger charge is 2.33. The number of hydrogen-bond donors (Lipinski definition) is 1. The molecule has 0 aliphatic heterocycles. The van der Waals surface area contributed by atoms with Gasteiger partial charge in [-0.3, -0.25) is 0 Å². The number of nitrogens with one attached hydrogen (secondary N) is 1. The summed E-state index contributed by atoms with van der Waals surface area (Å²) in [5, 5.41) is 11.6. The molecule has 4 nitrogen and oxygen atoms in total. The third-order valence-corrected chi connectivity index (χ3v) is 3.89. The van der Waals surface area contributed by atoms with Crippen LogP contribution in [0, 0.1) is 11.3 Å². The Bertz CT molecular complexity index is 416. The Kier molecular flexibility index (Phi) is 4.97. The Morgan fingerprint density at radius 1 is 1.30 bits per heavy atom. The van der Waals surface area contributed by atoms with E-state index in [2.05, 4.69) is 43.2 Å². The van der Waals surface area contributed by atoms with Gasteiger partial charge >= 0.3 is 0 Å². The molecule has 1 fully saturated rings. The first-order valence-electron chi connectivity index (χ1n) is 7.68. The van der Waals surface area contributed by atoms with Crippen LogP contribution in [0.2, 0.25) is 0 Å². The summed E-state index contributed by atoms with van der Waals surface area (Å²) in [5.41, 5.74) is 1.32. The molecule has 1 aliphatic carbocycles. The van der Waals surface area contributed by atoms with Crippen LogP contribution >= 0.6 is 0 Å². The van der Waals surface area contributed by atoms with Crippen LogP contribution in [0.15, 0.2) is 12.1 Å². The van der Waals surface area contributed by atoms with Crippen molar-refractivity contribution in [2.45, 2.75) is 59.6 Å². The fourth-order valence-electron chi connectivity index (χ4n) is 3.28. The van der Waals surface area contributed by atoms with Gasteiger partial charge in [-0.2, -0.15) is 5.10 Å². The van der Waals surface area contributed by atoms with E-state index in [1.807, 2.05) is 12.1 Å². The molecule has 4 heteroatoms. The van der Waals surface area contributed by atoms with Crippen molar-refractivity contribution < 1.29 is 4.74 Å². The van der Waals surface area contributed by atoms with Gasteiger partial charge in [0.15, 0.2) is 0 Å². The molecule has 0 aromatic carbocycles. The molecule has 1 aliphatic rings. The Labute approximate surface area is 122 Å². The lowest BCUT2D eigenvalue weighted by molar-refractivity contribution is 0.0525. The van der Waals surface area contributed by atoms with Crippen LogP contribution < -0.4 is 10.1 Å². The highest BCUT2D eigenvalue weighted by Crippen LogP contribution is 2.39. The van der Waals surface area contributed by atoms with Gasteiger partial charge in [0.1, 0.15) is 6.10 Å². The zero-order valence-corrected chi connectivity index (χ0v) is 13.1. The minimum atomic E-state index is 0.266. The third kappa shape index (κ3) is 4.44. The first kappa shape index (κ1) is 15.2. The second kappa shape index (κ2) is 6.53. The molecule has 1 heterocycles. The quantitative estimate of drug-likeness (QED) is 0.898. The van der Waals surface area contributed by atoms with Gasteiger partial charge in [0.05, 0.1) is 5.69 Å². The molecule has 0 radical (unpaired) electrons. The summed E-state index contributed by atoms with van der Waals surface area (Å²) in [6, 6.07) is 3.92. The molecule has 112 valence electrons. The van der Waals surface area contributed by atoms with Gasteiger partial charge in [0.2, 0.25) is 5.88 Å². The Morgan fingerprint density at radius 3 is 2.70 bits per heavy atom. The molecule has 1 aromatic heterocycles. The molecule has 0 amide bonds. The van der Waals surface area contributed by atoms with Crippen LogP contribution in [0.5, 0.6) is 5.88 Å². The van der Waals surface area contributed by atoms with E-state index in [4.69, 9.17) is 4.74 Å². The van der Waals surface area contributed by atoms with E-state index in [1.54, 1.807) is 0 Å². The SMILES string of the molecule is CCNCc1ccc(OC2CC(C)CC(C)(C)C2)nn1. The predicted octanol–water partition coefficient (Wildman–Crippen LogP) is 3.18. The van der Waals surface area contributed by atoms with Crippen LogP contribution in [0.3, 0.4) is 0 Å². The molecule has 0 bridgehead atoms. The molecule has 2 rings (SSSR count). The summed E-state index contributed by atoms with van der Waals surface area (Å²) in [6.07, 6.45) is 3.76. The van der Waals surface area contributed by atoms with Gasteiger partial charge < -0.3 is 10.1 Å². The number of aromatic nitrogens is 2. The summed E-state index contributed by atoms with van der Waals surface area (Å²) < 4.78 is 6.03. The highest BCUT2D eigenvalue weighted by molar-refractivity contribution is 5.12. The smallest absolute Gasteiger partial charge is 0.233 e. The second-order valence-corrected chi connectivity index (χ2v) is 6.80. The monoisotopic (exact) mass is 277 g/mol. The first-order chi connectivity index (χ1) is 9.48. The number of hydrogen-bond acceptors (Lipinski definition) is 4. The van der Waals surface area contributed by atoms with E-state index in [0.717, 1.165) is 31.6 Å². The van der Waals surface area contributed by atoms with E-state index in [1.165, 1.54) is 6.42 Å². The Hall–Kier alpha value is -1.16. The van der Waals surface area contributed by atoms with E-state index in [-0.39, 0.29) is 6.10 Å². The number of nitrogens with zero attached hydrogens (tertiary/aromatic N) is 2. The molecular weight excluding hydrogens is 250 g/mol. The fourth-order valence-corrected chi connectivity index (χ4v) is 3.28. The lowest BCUT2D eigenvalue weighted by Crippen LogP contribution is -2.34. The molecule has 1 saturated carbocycles. The number of ether oxygens (including phenoxy) is 1. The zero-order valence-electron chi connectivity index (χ0n) is 13.1.